The summed E-state index contributed by atoms with van der Waals surface area (Å²) in [4.78, 5) is 0.526. The molecular weight excluding hydrogens is 291 g/mol. The number of sulfone groups is 1. The lowest BCUT2D eigenvalue weighted by atomic mass is 10.1. The Kier molecular flexibility index (Phi) is 3.29. The minimum absolute atomic E-state index is 0.0678. The Bertz CT molecular complexity index is 821. The normalized spacial score (nSPS) is 15.4. The number of aryl methyl sites for hydroxylation is 1. The molecule has 0 atom stereocenters. The molecule has 1 aliphatic heterocycles. The lowest BCUT2D eigenvalue weighted by Gasteiger charge is -2.07. The molecule has 0 spiro atoms. The molecule has 1 aliphatic rings. The molecule has 3 rings (SSSR count). The van der Waals surface area contributed by atoms with Crippen LogP contribution in [-0.2, 0) is 9.84 Å². The number of fused-ring (bicyclic) bond motifs is 1. The third-order valence-electron chi connectivity index (χ3n) is 3.31. The molecule has 0 fully saturated rings. The van der Waals surface area contributed by atoms with Crippen LogP contribution in [0.1, 0.15) is 11.1 Å². The quantitative estimate of drug-likeness (QED) is 0.873. The van der Waals surface area contributed by atoms with Crippen LogP contribution in [-0.4, -0.2) is 15.0 Å². The van der Waals surface area contributed by atoms with E-state index in [4.69, 9.17) is 4.74 Å². The first kappa shape index (κ1) is 13.8. The average molecular weight is 304 g/mol. The van der Waals surface area contributed by atoms with E-state index in [2.05, 4.69) is 0 Å². The van der Waals surface area contributed by atoms with Crippen LogP contribution < -0.4 is 4.74 Å². The maximum atomic E-state index is 12.8. The van der Waals surface area contributed by atoms with Gasteiger partial charge in [-0.05, 0) is 48.9 Å². The van der Waals surface area contributed by atoms with Gasteiger partial charge in [0, 0.05) is 0 Å². The highest BCUT2D eigenvalue weighted by atomic mass is 32.2. The van der Waals surface area contributed by atoms with Crippen molar-refractivity contribution >= 4 is 15.9 Å². The summed E-state index contributed by atoms with van der Waals surface area (Å²) in [7, 11) is -3.48. The Labute approximate surface area is 122 Å². The third kappa shape index (κ3) is 2.56. The molecule has 108 valence electrons. The highest BCUT2D eigenvalue weighted by Gasteiger charge is 2.29. The van der Waals surface area contributed by atoms with Gasteiger partial charge >= 0.3 is 0 Å². The van der Waals surface area contributed by atoms with Crippen LogP contribution in [0.2, 0.25) is 0 Å². The van der Waals surface area contributed by atoms with Gasteiger partial charge in [-0.15, -0.1) is 0 Å². The monoisotopic (exact) mass is 304 g/mol. The summed E-state index contributed by atoms with van der Waals surface area (Å²) in [5.41, 5.74) is 1.69. The van der Waals surface area contributed by atoms with Gasteiger partial charge in [-0.3, -0.25) is 0 Å². The van der Waals surface area contributed by atoms with Crippen LogP contribution in [0, 0.1) is 12.7 Å². The Balaban J connectivity index is 1.84. The lowest BCUT2D eigenvalue weighted by Crippen LogP contribution is -2.09. The van der Waals surface area contributed by atoms with Gasteiger partial charge in [0.2, 0.25) is 9.84 Å². The molecule has 5 heteroatoms. The average Bonchev–Trinajstić information content (AvgIpc) is 2.69. The van der Waals surface area contributed by atoms with Crippen molar-refractivity contribution in [2.24, 2.45) is 0 Å². The minimum Gasteiger partial charge on any atom is -0.488 e. The summed E-state index contributed by atoms with van der Waals surface area (Å²) >= 11 is 0. The number of hydrogen-bond acceptors (Lipinski definition) is 3. The highest BCUT2D eigenvalue weighted by Crippen LogP contribution is 2.33. The fourth-order valence-electron chi connectivity index (χ4n) is 2.22. The second kappa shape index (κ2) is 5.00. The zero-order valence-corrected chi connectivity index (χ0v) is 12.2. The summed E-state index contributed by atoms with van der Waals surface area (Å²) in [5.74, 6) is 0.0672. The van der Waals surface area contributed by atoms with Crippen molar-refractivity contribution in [1.82, 2.24) is 0 Å². The third-order valence-corrected chi connectivity index (χ3v) is 5.19. The van der Waals surface area contributed by atoms with E-state index in [1.54, 1.807) is 18.2 Å². The summed E-state index contributed by atoms with van der Waals surface area (Å²) in [6.45, 7) is 1.84. The van der Waals surface area contributed by atoms with Crippen LogP contribution >= 0.6 is 0 Å². The summed E-state index contributed by atoms with van der Waals surface area (Å²) < 4.78 is 43.0. The van der Waals surface area contributed by atoms with Crippen LogP contribution in [0.4, 0.5) is 4.39 Å². The zero-order chi connectivity index (χ0) is 15.0. The summed E-state index contributed by atoms with van der Waals surface area (Å²) in [5, 5.41) is 0. The van der Waals surface area contributed by atoms with Crippen LogP contribution in [0.15, 0.2) is 52.3 Å². The van der Waals surface area contributed by atoms with E-state index < -0.39 is 9.84 Å². The second-order valence-corrected chi connectivity index (χ2v) is 6.87. The van der Waals surface area contributed by atoms with Crippen LogP contribution in [0.3, 0.4) is 0 Å². The van der Waals surface area contributed by atoms with Crippen molar-refractivity contribution in [3.05, 3.63) is 64.3 Å². The van der Waals surface area contributed by atoms with Crippen molar-refractivity contribution in [3.63, 3.8) is 0 Å². The van der Waals surface area contributed by atoms with Crippen molar-refractivity contribution in [2.75, 3.05) is 6.61 Å². The van der Waals surface area contributed by atoms with Gasteiger partial charge in [-0.2, -0.15) is 0 Å². The number of hydrogen-bond donors (Lipinski definition) is 0. The molecular formula is C16H13FO3S. The molecule has 2 aromatic carbocycles. The predicted octanol–water partition coefficient (Wildman–Crippen LogP) is 3.34. The van der Waals surface area contributed by atoms with Crippen molar-refractivity contribution in [2.45, 2.75) is 11.8 Å². The van der Waals surface area contributed by atoms with Gasteiger partial charge in [-0.1, -0.05) is 17.7 Å². The maximum absolute atomic E-state index is 12.8. The molecule has 0 unspecified atom stereocenters. The van der Waals surface area contributed by atoms with Gasteiger partial charge < -0.3 is 4.74 Å². The molecule has 0 aliphatic carbocycles. The first-order valence-electron chi connectivity index (χ1n) is 6.41. The number of rotatable bonds is 3. The second-order valence-electron chi connectivity index (χ2n) is 4.90. The fraction of sp³-hybridized carbons (Fsp3) is 0.125. The van der Waals surface area contributed by atoms with E-state index in [-0.39, 0.29) is 17.3 Å². The summed E-state index contributed by atoms with van der Waals surface area (Å²) in [6.07, 6.45) is 1.63. The molecule has 1 heterocycles. The molecule has 0 N–H and O–H groups in total. The Hall–Kier alpha value is -2.14. The van der Waals surface area contributed by atoms with Crippen molar-refractivity contribution < 1.29 is 17.5 Å². The Morgan fingerprint density at radius 2 is 1.81 bits per heavy atom. The molecule has 21 heavy (non-hydrogen) atoms. The lowest BCUT2D eigenvalue weighted by molar-refractivity contribution is 0.358. The standard InChI is InChI=1S/C16H13FO3S/c1-11-2-7-16-12(8-11)9-15(21(16,18)19)10-20-14-5-3-13(17)4-6-14/h2-9H,10H2,1H3. The largest absolute Gasteiger partial charge is 0.488 e. The molecule has 2 aromatic rings. The van der Waals surface area contributed by atoms with Gasteiger partial charge in [0.15, 0.2) is 0 Å². The van der Waals surface area contributed by atoms with Gasteiger partial charge in [0.1, 0.15) is 18.2 Å². The minimum atomic E-state index is -3.48. The fourth-order valence-corrected chi connectivity index (χ4v) is 3.68. The number of halogens is 1. The van der Waals surface area contributed by atoms with Gasteiger partial charge in [0.25, 0.3) is 0 Å². The molecule has 0 aromatic heterocycles. The molecule has 0 saturated carbocycles. The predicted molar refractivity (Wildman–Crippen MR) is 78.2 cm³/mol. The van der Waals surface area contributed by atoms with E-state index in [0.717, 1.165) is 5.56 Å². The van der Waals surface area contributed by atoms with Crippen LogP contribution in [0.5, 0.6) is 5.75 Å². The molecule has 3 nitrogen and oxygen atoms in total. The Morgan fingerprint density at radius 1 is 1.10 bits per heavy atom. The maximum Gasteiger partial charge on any atom is 0.206 e. The van der Waals surface area contributed by atoms with E-state index in [9.17, 15) is 12.8 Å². The molecule has 0 saturated heterocycles. The Morgan fingerprint density at radius 3 is 2.52 bits per heavy atom. The molecule has 0 amide bonds. The topological polar surface area (TPSA) is 43.4 Å². The highest BCUT2D eigenvalue weighted by molar-refractivity contribution is 7.95. The van der Waals surface area contributed by atoms with Crippen molar-refractivity contribution in [3.8, 4) is 5.75 Å². The smallest absolute Gasteiger partial charge is 0.206 e. The zero-order valence-electron chi connectivity index (χ0n) is 11.3. The van der Waals surface area contributed by atoms with Crippen molar-refractivity contribution in [1.29, 1.82) is 0 Å². The van der Waals surface area contributed by atoms with E-state index in [0.29, 0.717) is 16.2 Å². The van der Waals surface area contributed by atoms with Gasteiger partial charge in [0.05, 0.1) is 9.80 Å². The SMILES string of the molecule is Cc1ccc2c(c1)C=C(COc1ccc(F)cc1)S2(=O)=O. The number of ether oxygens (including phenoxy) is 1. The molecule has 0 radical (unpaired) electrons. The molecule has 0 bridgehead atoms. The van der Waals surface area contributed by atoms with E-state index in [1.807, 2.05) is 13.0 Å². The van der Waals surface area contributed by atoms with E-state index in [1.165, 1.54) is 24.3 Å². The first-order chi connectivity index (χ1) is 9.96. The van der Waals surface area contributed by atoms with Gasteiger partial charge in [-0.25, -0.2) is 12.8 Å². The first-order valence-corrected chi connectivity index (χ1v) is 7.90. The van der Waals surface area contributed by atoms with E-state index >= 15 is 0 Å². The summed E-state index contributed by atoms with van der Waals surface area (Å²) in [6, 6.07) is 10.7. The number of benzene rings is 2. The van der Waals surface area contributed by atoms with Crippen LogP contribution in [0.25, 0.3) is 6.08 Å².